The standard InChI is InChI=1S/C19H21ClN2O3S/c20-17-8-4-5-9-18(17)22-26(24,25)16-12-10-15(11-13-16)21-19(23)14-6-2-1-3-7-14/h4-5,8-14,22H,1-3,6-7H2,(H,21,23). The average molecular weight is 393 g/mol. The number of benzene rings is 2. The molecule has 0 unspecified atom stereocenters. The Morgan fingerprint density at radius 2 is 1.62 bits per heavy atom. The van der Waals surface area contributed by atoms with Gasteiger partial charge in [-0.15, -0.1) is 0 Å². The predicted molar refractivity (Wildman–Crippen MR) is 104 cm³/mol. The van der Waals surface area contributed by atoms with E-state index < -0.39 is 10.0 Å². The summed E-state index contributed by atoms with van der Waals surface area (Å²) in [6.45, 7) is 0. The number of anilines is 2. The number of carbonyl (C=O) groups is 1. The Balaban J connectivity index is 1.68. The molecular weight excluding hydrogens is 372 g/mol. The Kier molecular flexibility index (Phi) is 5.84. The minimum atomic E-state index is -3.75. The van der Waals surface area contributed by atoms with Crippen molar-refractivity contribution in [2.45, 2.75) is 37.0 Å². The van der Waals surface area contributed by atoms with E-state index in [1.165, 1.54) is 18.6 Å². The third-order valence-electron chi connectivity index (χ3n) is 4.53. The zero-order valence-corrected chi connectivity index (χ0v) is 15.8. The van der Waals surface area contributed by atoms with Crippen molar-refractivity contribution in [3.8, 4) is 0 Å². The second-order valence-corrected chi connectivity index (χ2v) is 8.52. The maximum atomic E-state index is 12.5. The van der Waals surface area contributed by atoms with Gasteiger partial charge in [0.15, 0.2) is 0 Å². The third-order valence-corrected chi connectivity index (χ3v) is 6.24. The van der Waals surface area contributed by atoms with Gasteiger partial charge in [0.05, 0.1) is 15.6 Å². The lowest BCUT2D eigenvalue weighted by atomic mass is 9.88. The van der Waals surface area contributed by atoms with Gasteiger partial charge in [0.2, 0.25) is 5.91 Å². The van der Waals surface area contributed by atoms with Gasteiger partial charge < -0.3 is 5.32 Å². The Hall–Kier alpha value is -2.05. The highest BCUT2D eigenvalue weighted by atomic mass is 35.5. The number of carbonyl (C=O) groups excluding carboxylic acids is 1. The fourth-order valence-corrected chi connectivity index (χ4v) is 4.39. The number of amides is 1. The Morgan fingerprint density at radius 3 is 2.27 bits per heavy atom. The van der Waals surface area contributed by atoms with Gasteiger partial charge in [-0.2, -0.15) is 0 Å². The number of hydrogen-bond acceptors (Lipinski definition) is 3. The first-order valence-electron chi connectivity index (χ1n) is 8.64. The molecule has 5 nitrogen and oxygen atoms in total. The number of sulfonamides is 1. The number of hydrogen-bond donors (Lipinski definition) is 2. The van der Waals surface area contributed by atoms with Gasteiger partial charge >= 0.3 is 0 Å². The molecule has 1 saturated carbocycles. The molecule has 0 aromatic heterocycles. The van der Waals surface area contributed by atoms with Gasteiger partial charge in [0, 0.05) is 11.6 Å². The minimum absolute atomic E-state index is 0.00880. The van der Waals surface area contributed by atoms with Crippen molar-refractivity contribution in [3.05, 3.63) is 53.6 Å². The molecule has 0 saturated heterocycles. The molecule has 1 aliphatic rings. The zero-order chi connectivity index (χ0) is 18.6. The van der Waals surface area contributed by atoms with Crippen molar-refractivity contribution >= 4 is 38.9 Å². The molecular formula is C19H21ClN2O3S. The van der Waals surface area contributed by atoms with Crippen LogP contribution in [0, 0.1) is 5.92 Å². The van der Waals surface area contributed by atoms with Crippen LogP contribution in [0.15, 0.2) is 53.4 Å². The van der Waals surface area contributed by atoms with Crippen LogP contribution in [-0.4, -0.2) is 14.3 Å². The van der Waals surface area contributed by atoms with Crippen molar-refractivity contribution in [1.29, 1.82) is 0 Å². The first-order valence-corrected chi connectivity index (χ1v) is 10.5. The average Bonchev–Trinajstić information content (AvgIpc) is 2.65. The van der Waals surface area contributed by atoms with Gasteiger partial charge in [0.25, 0.3) is 10.0 Å². The van der Waals surface area contributed by atoms with E-state index in [0.29, 0.717) is 16.4 Å². The fraction of sp³-hybridized carbons (Fsp3) is 0.316. The molecule has 1 aliphatic carbocycles. The number of halogens is 1. The molecule has 26 heavy (non-hydrogen) atoms. The van der Waals surface area contributed by atoms with Crippen LogP contribution < -0.4 is 10.0 Å². The first kappa shape index (κ1) is 18.7. The van der Waals surface area contributed by atoms with Gasteiger partial charge in [-0.3, -0.25) is 9.52 Å². The normalized spacial score (nSPS) is 15.4. The predicted octanol–water partition coefficient (Wildman–Crippen LogP) is 4.66. The van der Waals surface area contributed by atoms with E-state index in [-0.39, 0.29) is 16.7 Å². The second-order valence-electron chi connectivity index (χ2n) is 6.43. The number of para-hydroxylation sites is 1. The SMILES string of the molecule is O=C(Nc1ccc(S(=O)(=O)Nc2ccccc2Cl)cc1)C1CCCCC1. The van der Waals surface area contributed by atoms with Gasteiger partial charge in [0.1, 0.15) is 0 Å². The molecule has 0 bridgehead atoms. The Morgan fingerprint density at radius 1 is 0.962 bits per heavy atom. The van der Waals surface area contributed by atoms with E-state index in [1.54, 1.807) is 36.4 Å². The van der Waals surface area contributed by atoms with Crippen molar-refractivity contribution in [3.63, 3.8) is 0 Å². The summed E-state index contributed by atoms with van der Waals surface area (Å²) in [5.74, 6) is 0.0588. The van der Waals surface area contributed by atoms with Crippen molar-refractivity contribution < 1.29 is 13.2 Å². The van der Waals surface area contributed by atoms with Crippen molar-refractivity contribution in [1.82, 2.24) is 0 Å². The van der Waals surface area contributed by atoms with Crippen LogP contribution in [0.5, 0.6) is 0 Å². The summed E-state index contributed by atoms with van der Waals surface area (Å²) in [4.78, 5) is 12.4. The molecule has 2 N–H and O–H groups in total. The summed E-state index contributed by atoms with van der Waals surface area (Å²) in [5.41, 5.74) is 0.918. The van der Waals surface area contributed by atoms with Crippen LogP contribution in [0.25, 0.3) is 0 Å². The molecule has 1 amide bonds. The molecule has 0 heterocycles. The summed E-state index contributed by atoms with van der Waals surface area (Å²) in [7, 11) is -3.75. The van der Waals surface area contributed by atoms with E-state index in [4.69, 9.17) is 11.6 Å². The topological polar surface area (TPSA) is 75.3 Å². The van der Waals surface area contributed by atoms with E-state index in [1.807, 2.05) is 0 Å². The smallest absolute Gasteiger partial charge is 0.261 e. The minimum Gasteiger partial charge on any atom is -0.326 e. The summed E-state index contributed by atoms with van der Waals surface area (Å²) >= 11 is 6.00. The zero-order valence-electron chi connectivity index (χ0n) is 14.2. The summed E-state index contributed by atoms with van der Waals surface area (Å²) in [5, 5.41) is 3.20. The summed E-state index contributed by atoms with van der Waals surface area (Å²) in [6.07, 6.45) is 5.20. The van der Waals surface area contributed by atoms with E-state index >= 15 is 0 Å². The molecule has 2 aromatic rings. The monoisotopic (exact) mass is 392 g/mol. The molecule has 3 rings (SSSR count). The van der Waals surface area contributed by atoms with Crippen LogP contribution in [0.3, 0.4) is 0 Å². The molecule has 0 aliphatic heterocycles. The lowest BCUT2D eigenvalue weighted by Crippen LogP contribution is -2.24. The fourth-order valence-electron chi connectivity index (χ4n) is 3.07. The molecule has 1 fully saturated rings. The largest absolute Gasteiger partial charge is 0.326 e. The Bertz CT molecular complexity index is 876. The van der Waals surface area contributed by atoms with E-state index in [9.17, 15) is 13.2 Å². The third kappa shape index (κ3) is 4.56. The molecule has 2 aromatic carbocycles. The number of rotatable bonds is 5. The van der Waals surface area contributed by atoms with Gasteiger partial charge in [-0.05, 0) is 49.2 Å². The molecule has 138 valence electrons. The lowest BCUT2D eigenvalue weighted by molar-refractivity contribution is -0.120. The van der Waals surface area contributed by atoms with Gasteiger partial charge in [-0.1, -0.05) is 43.0 Å². The molecule has 0 spiro atoms. The maximum absolute atomic E-state index is 12.5. The van der Waals surface area contributed by atoms with E-state index in [0.717, 1.165) is 25.7 Å². The maximum Gasteiger partial charge on any atom is 0.261 e. The Labute approximate surface area is 158 Å². The highest BCUT2D eigenvalue weighted by molar-refractivity contribution is 7.92. The van der Waals surface area contributed by atoms with Crippen LogP contribution in [0.4, 0.5) is 11.4 Å². The summed E-state index contributed by atoms with van der Waals surface area (Å²) < 4.78 is 27.4. The molecule has 0 radical (unpaired) electrons. The second kappa shape index (κ2) is 8.10. The highest BCUT2D eigenvalue weighted by Gasteiger charge is 2.21. The van der Waals surface area contributed by atoms with Crippen LogP contribution in [0.1, 0.15) is 32.1 Å². The number of nitrogens with one attached hydrogen (secondary N) is 2. The van der Waals surface area contributed by atoms with Crippen LogP contribution in [-0.2, 0) is 14.8 Å². The van der Waals surface area contributed by atoms with Gasteiger partial charge in [-0.25, -0.2) is 8.42 Å². The first-order chi connectivity index (χ1) is 12.5. The van der Waals surface area contributed by atoms with E-state index in [2.05, 4.69) is 10.0 Å². The quantitative estimate of drug-likeness (QED) is 0.776. The van der Waals surface area contributed by atoms with Crippen molar-refractivity contribution in [2.24, 2.45) is 5.92 Å². The van der Waals surface area contributed by atoms with Crippen LogP contribution >= 0.6 is 11.6 Å². The summed E-state index contributed by atoms with van der Waals surface area (Å²) in [6, 6.07) is 12.8. The highest BCUT2D eigenvalue weighted by Crippen LogP contribution is 2.26. The van der Waals surface area contributed by atoms with Crippen molar-refractivity contribution in [2.75, 3.05) is 10.0 Å². The van der Waals surface area contributed by atoms with Crippen LogP contribution in [0.2, 0.25) is 5.02 Å². The molecule has 7 heteroatoms. The molecule has 0 atom stereocenters. The lowest BCUT2D eigenvalue weighted by Gasteiger charge is -2.20.